The summed E-state index contributed by atoms with van der Waals surface area (Å²) >= 11 is 6.58. The van der Waals surface area contributed by atoms with Crippen molar-refractivity contribution in [3.05, 3.63) is 22.6 Å². The average Bonchev–Trinajstić information content (AvgIpc) is 2.93. The van der Waals surface area contributed by atoms with Crippen LogP contribution >= 0.6 is 24.0 Å². The number of unbranched alkanes of at least 4 members (excludes halogenated alkanes) is 2. The molecule has 1 N–H and O–H groups in total. The van der Waals surface area contributed by atoms with E-state index in [1.807, 2.05) is 0 Å². The number of carboxylic acids is 1. The highest BCUT2D eigenvalue weighted by atomic mass is 32.2. The second-order valence-corrected chi connectivity index (χ2v) is 7.67. The van der Waals surface area contributed by atoms with E-state index in [1.165, 1.54) is 33.1 Å². The summed E-state index contributed by atoms with van der Waals surface area (Å²) in [6.45, 7) is 0.483. The van der Waals surface area contributed by atoms with Crippen molar-refractivity contribution < 1.29 is 28.9 Å². The Kier molecular flexibility index (Phi) is 8.13. The van der Waals surface area contributed by atoms with E-state index in [2.05, 4.69) is 0 Å². The number of methoxy groups -OCH3 is 3. The molecule has 0 aliphatic carbocycles. The Morgan fingerprint density at radius 1 is 1.14 bits per heavy atom. The maximum atomic E-state index is 12.7. The van der Waals surface area contributed by atoms with Crippen LogP contribution in [0, 0.1) is 0 Å². The van der Waals surface area contributed by atoms with Crippen molar-refractivity contribution in [2.45, 2.75) is 25.7 Å². The maximum Gasteiger partial charge on any atom is 0.303 e. The van der Waals surface area contributed by atoms with Gasteiger partial charge in [-0.25, -0.2) is 0 Å². The minimum absolute atomic E-state index is 0.138. The van der Waals surface area contributed by atoms with E-state index < -0.39 is 5.97 Å². The first-order valence-corrected chi connectivity index (χ1v) is 9.91. The highest BCUT2D eigenvalue weighted by Gasteiger charge is 2.31. The second-order valence-electron chi connectivity index (χ2n) is 6.00. The zero-order valence-electron chi connectivity index (χ0n) is 16.0. The van der Waals surface area contributed by atoms with Crippen molar-refractivity contribution >= 4 is 46.3 Å². The summed E-state index contributed by atoms with van der Waals surface area (Å²) in [5, 5.41) is 8.67. The maximum absolute atomic E-state index is 12.7. The lowest BCUT2D eigenvalue weighted by atomic mass is 10.1. The summed E-state index contributed by atoms with van der Waals surface area (Å²) < 4.78 is 16.5. The van der Waals surface area contributed by atoms with Crippen LogP contribution in [0.25, 0.3) is 6.08 Å². The number of carboxylic acid groups (broad SMARTS) is 1. The molecule has 0 radical (unpaired) electrons. The van der Waals surface area contributed by atoms with Gasteiger partial charge in [-0.15, -0.1) is 0 Å². The van der Waals surface area contributed by atoms with Crippen LogP contribution in [0.3, 0.4) is 0 Å². The first-order chi connectivity index (χ1) is 13.4. The molecule has 7 nitrogen and oxygen atoms in total. The van der Waals surface area contributed by atoms with Gasteiger partial charge in [-0.1, -0.05) is 30.4 Å². The van der Waals surface area contributed by atoms with Crippen molar-refractivity contribution in [2.75, 3.05) is 27.9 Å². The number of thioether (sulfide) groups is 1. The standard InChI is InChI=1S/C19H23NO6S2/c1-24-13-9-12(10-14(25-2)17(13)26-3)11-15-18(23)20(19(27)28-15)8-6-4-5-7-16(21)22/h9-11H,4-8H2,1-3H3,(H,21,22)/b15-11-. The molecule has 1 heterocycles. The molecule has 0 atom stereocenters. The van der Waals surface area contributed by atoms with E-state index in [9.17, 15) is 9.59 Å². The normalized spacial score (nSPS) is 15.2. The van der Waals surface area contributed by atoms with E-state index in [1.54, 1.807) is 23.1 Å². The third-order valence-electron chi connectivity index (χ3n) is 4.13. The lowest BCUT2D eigenvalue weighted by Crippen LogP contribution is -2.29. The van der Waals surface area contributed by atoms with Gasteiger partial charge in [0, 0.05) is 13.0 Å². The van der Waals surface area contributed by atoms with Crippen molar-refractivity contribution in [3.63, 3.8) is 0 Å². The molecule has 0 spiro atoms. The van der Waals surface area contributed by atoms with E-state index in [0.717, 1.165) is 12.0 Å². The molecule has 1 aromatic rings. The van der Waals surface area contributed by atoms with E-state index in [4.69, 9.17) is 31.5 Å². The number of rotatable bonds is 10. The highest BCUT2D eigenvalue weighted by molar-refractivity contribution is 8.26. The number of amides is 1. The average molecular weight is 426 g/mol. The minimum atomic E-state index is -0.807. The van der Waals surface area contributed by atoms with Gasteiger partial charge in [0.2, 0.25) is 5.75 Å². The Morgan fingerprint density at radius 2 is 1.79 bits per heavy atom. The van der Waals surface area contributed by atoms with Crippen molar-refractivity contribution in [3.8, 4) is 17.2 Å². The van der Waals surface area contributed by atoms with Crippen LogP contribution in [0.2, 0.25) is 0 Å². The summed E-state index contributed by atoms with van der Waals surface area (Å²) in [5.41, 5.74) is 0.733. The number of hydrogen-bond donors (Lipinski definition) is 1. The molecule has 1 saturated heterocycles. The molecule has 1 aliphatic heterocycles. The van der Waals surface area contributed by atoms with Crippen LogP contribution in [0.4, 0.5) is 0 Å². The predicted molar refractivity (Wildman–Crippen MR) is 112 cm³/mol. The molecule has 28 heavy (non-hydrogen) atoms. The Bertz CT molecular complexity index is 768. The SMILES string of the molecule is COc1cc(/C=C2\SC(=S)N(CCCCCC(=O)O)C2=O)cc(OC)c1OC. The molecule has 0 unspecified atom stereocenters. The molecule has 1 amide bonds. The molecular weight excluding hydrogens is 402 g/mol. The number of ether oxygens (including phenoxy) is 3. The molecule has 1 aliphatic rings. The quantitative estimate of drug-likeness (QED) is 0.346. The van der Waals surface area contributed by atoms with Gasteiger partial charge < -0.3 is 19.3 Å². The third-order valence-corrected chi connectivity index (χ3v) is 5.51. The van der Waals surface area contributed by atoms with Crippen LogP contribution in [-0.2, 0) is 9.59 Å². The Balaban J connectivity index is 2.11. The number of carbonyl (C=O) groups is 2. The second kappa shape index (κ2) is 10.3. The Hall–Kier alpha value is -2.26. The minimum Gasteiger partial charge on any atom is -0.493 e. The Labute approximate surface area is 173 Å². The van der Waals surface area contributed by atoms with E-state index >= 15 is 0 Å². The molecule has 152 valence electrons. The van der Waals surface area contributed by atoms with Crippen LogP contribution in [0.15, 0.2) is 17.0 Å². The lowest BCUT2D eigenvalue weighted by Gasteiger charge is -2.14. The zero-order chi connectivity index (χ0) is 20.7. The summed E-state index contributed by atoms with van der Waals surface area (Å²) in [4.78, 5) is 25.3. The fourth-order valence-corrected chi connectivity index (χ4v) is 4.06. The molecule has 0 bridgehead atoms. The fourth-order valence-electron chi connectivity index (χ4n) is 2.75. The summed E-state index contributed by atoms with van der Waals surface area (Å²) in [6.07, 6.45) is 3.91. The van der Waals surface area contributed by atoms with Crippen molar-refractivity contribution in [1.29, 1.82) is 0 Å². The number of carbonyl (C=O) groups excluding carboxylic acids is 1. The van der Waals surface area contributed by atoms with E-state index in [0.29, 0.717) is 45.9 Å². The number of thiocarbonyl (C=S) groups is 1. The monoisotopic (exact) mass is 425 g/mol. The van der Waals surface area contributed by atoms with Gasteiger partial charge in [0.1, 0.15) is 4.32 Å². The van der Waals surface area contributed by atoms with Gasteiger partial charge in [-0.2, -0.15) is 0 Å². The summed E-state index contributed by atoms with van der Waals surface area (Å²) in [5.74, 6) is 0.529. The molecular formula is C19H23NO6S2. The molecule has 0 aromatic heterocycles. The molecule has 1 fully saturated rings. The zero-order valence-corrected chi connectivity index (χ0v) is 17.7. The fraction of sp³-hybridized carbons (Fsp3) is 0.421. The van der Waals surface area contributed by atoms with Crippen LogP contribution in [0.1, 0.15) is 31.2 Å². The molecule has 2 rings (SSSR count). The van der Waals surface area contributed by atoms with Crippen LogP contribution < -0.4 is 14.2 Å². The Morgan fingerprint density at radius 3 is 2.32 bits per heavy atom. The molecule has 0 saturated carbocycles. The van der Waals surface area contributed by atoms with Gasteiger partial charge in [-0.05, 0) is 36.6 Å². The van der Waals surface area contributed by atoms with Gasteiger partial charge in [0.05, 0.1) is 26.2 Å². The number of hydrogen-bond acceptors (Lipinski definition) is 7. The van der Waals surface area contributed by atoms with Gasteiger partial charge in [-0.3, -0.25) is 14.5 Å². The topological polar surface area (TPSA) is 85.3 Å². The molecule has 1 aromatic carbocycles. The summed E-state index contributed by atoms with van der Waals surface area (Å²) in [7, 11) is 4.59. The van der Waals surface area contributed by atoms with Crippen molar-refractivity contribution in [1.82, 2.24) is 4.90 Å². The smallest absolute Gasteiger partial charge is 0.303 e. The number of aliphatic carboxylic acids is 1. The summed E-state index contributed by atoms with van der Waals surface area (Å²) in [6, 6.07) is 3.53. The lowest BCUT2D eigenvalue weighted by molar-refractivity contribution is -0.137. The van der Waals surface area contributed by atoms with Gasteiger partial charge in [0.15, 0.2) is 11.5 Å². The predicted octanol–water partition coefficient (Wildman–Crippen LogP) is 3.56. The first kappa shape index (κ1) is 22.0. The third kappa shape index (κ3) is 5.39. The van der Waals surface area contributed by atoms with Crippen molar-refractivity contribution in [2.24, 2.45) is 0 Å². The van der Waals surface area contributed by atoms with Crippen LogP contribution in [0.5, 0.6) is 17.2 Å². The molecule has 9 heteroatoms. The first-order valence-electron chi connectivity index (χ1n) is 8.68. The van der Waals surface area contributed by atoms with Gasteiger partial charge >= 0.3 is 5.97 Å². The van der Waals surface area contributed by atoms with Gasteiger partial charge in [0.25, 0.3) is 5.91 Å². The highest BCUT2D eigenvalue weighted by Crippen LogP contribution is 2.40. The number of benzene rings is 1. The van der Waals surface area contributed by atoms with E-state index in [-0.39, 0.29) is 12.3 Å². The van der Waals surface area contributed by atoms with Crippen LogP contribution in [-0.4, -0.2) is 54.1 Å². The largest absolute Gasteiger partial charge is 0.493 e. The number of nitrogens with zero attached hydrogens (tertiary/aromatic N) is 1.